The van der Waals surface area contributed by atoms with Gasteiger partial charge in [0.2, 0.25) is 5.91 Å². The van der Waals surface area contributed by atoms with Crippen LogP contribution in [0.4, 0.5) is 17.1 Å². The molecule has 8 nitrogen and oxygen atoms in total. The number of nitrogens with zero attached hydrogens (tertiary/aromatic N) is 4. The third-order valence-electron chi connectivity index (χ3n) is 5.79. The molecule has 30 heavy (non-hydrogen) atoms. The fourth-order valence-corrected chi connectivity index (χ4v) is 4.31. The van der Waals surface area contributed by atoms with Gasteiger partial charge in [-0.05, 0) is 50.0 Å². The highest BCUT2D eigenvalue weighted by molar-refractivity contribution is 7.80. The van der Waals surface area contributed by atoms with Crippen molar-refractivity contribution in [1.29, 1.82) is 0 Å². The van der Waals surface area contributed by atoms with E-state index in [1.807, 2.05) is 17.0 Å². The first-order valence-corrected chi connectivity index (χ1v) is 11.3. The number of unbranched alkanes of at least 4 members (excludes halogenated alkanes) is 1. The molecule has 0 radical (unpaired) electrons. The van der Waals surface area contributed by atoms with Crippen LogP contribution < -0.4 is 15.1 Å². The molecule has 2 aliphatic heterocycles. The Labute approximate surface area is 183 Å². The van der Waals surface area contributed by atoms with Crippen LogP contribution in [0.5, 0.6) is 0 Å². The Bertz CT molecular complexity index is 774. The highest BCUT2D eigenvalue weighted by atomic mass is 32.1. The summed E-state index contributed by atoms with van der Waals surface area (Å²) in [6.45, 7) is 6.71. The van der Waals surface area contributed by atoms with E-state index in [1.54, 1.807) is 6.07 Å². The molecule has 0 unspecified atom stereocenters. The maximum atomic E-state index is 11.9. The predicted octanol–water partition coefficient (Wildman–Crippen LogP) is 3.30. The van der Waals surface area contributed by atoms with Gasteiger partial charge in [-0.3, -0.25) is 14.9 Å². The molecule has 0 aromatic heterocycles. The smallest absolute Gasteiger partial charge is 0.292 e. The summed E-state index contributed by atoms with van der Waals surface area (Å²) in [4.78, 5) is 29.6. The van der Waals surface area contributed by atoms with Crippen LogP contribution in [0.3, 0.4) is 0 Å². The first kappa shape index (κ1) is 22.3. The maximum Gasteiger partial charge on any atom is 0.292 e. The first-order valence-electron chi connectivity index (χ1n) is 10.9. The van der Waals surface area contributed by atoms with Gasteiger partial charge in [0.1, 0.15) is 5.69 Å². The van der Waals surface area contributed by atoms with E-state index in [-0.39, 0.29) is 16.5 Å². The van der Waals surface area contributed by atoms with Crippen molar-refractivity contribution in [3.63, 3.8) is 0 Å². The van der Waals surface area contributed by atoms with Crippen LogP contribution in [0.25, 0.3) is 0 Å². The van der Waals surface area contributed by atoms with E-state index in [1.165, 1.54) is 6.42 Å². The molecule has 0 bridgehead atoms. The lowest BCUT2D eigenvalue weighted by atomic mass is 10.1. The molecule has 0 saturated carbocycles. The predicted molar refractivity (Wildman–Crippen MR) is 123 cm³/mol. The lowest BCUT2D eigenvalue weighted by Crippen LogP contribution is -2.52. The van der Waals surface area contributed by atoms with E-state index >= 15 is 0 Å². The van der Waals surface area contributed by atoms with Crippen LogP contribution in [0, 0.1) is 10.1 Å². The van der Waals surface area contributed by atoms with Crippen LogP contribution in [0.1, 0.15) is 45.4 Å². The number of rotatable bonds is 6. The number of thiocarbonyl (C=S) groups is 1. The van der Waals surface area contributed by atoms with E-state index in [0.717, 1.165) is 63.2 Å². The van der Waals surface area contributed by atoms with Crippen molar-refractivity contribution in [1.82, 2.24) is 10.2 Å². The van der Waals surface area contributed by atoms with Gasteiger partial charge in [0, 0.05) is 57.4 Å². The Balaban J connectivity index is 1.63. The number of amides is 1. The van der Waals surface area contributed by atoms with Crippen molar-refractivity contribution < 1.29 is 9.72 Å². The van der Waals surface area contributed by atoms with Crippen LogP contribution in [-0.4, -0.2) is 60.1 Å². The number of nitrogens with one attached hydrogen (secondary N) is 1. The van der Waals surface area contributed by atoms with E-state index in [4.69, 9.17) is 12.2 Å². The van der Waals surface area contributed by atoms with Crippen LogP contribution >= 0.6 is 12.2 Å². The molecular formula is C21H31N5O3S. The van der Waals surface area contributed by atoms with Crippen molar-refractivity contribution in [2.75, 3.05) is 49.1 Å². The summed E-state index contributed by atoms with van der Waals surface area (Å²) >= 11 is 5.40. The Morgan fingerprint density at radius 3 is 2.43 bits per heavy atom. The minimum Gasteiger partial charge on any atom is -0.368 e. The number of piperazine rings is 1. The molecule has 0 atom stereocenters. The number of nitro groups is 1. The van der Waals surface area contributed by atoms with Crippen LogP contribution in [0.2, 0.25) is 0 Å². The highest BCUT2D eigenvalue weighted by Crippen LogP contribution is 2.34. The first-order chi connectivity index (χ1) is 14.5. The molecule has 1 N–H and O–H groups in total. The Morgan fingerprint density at radius 2 is 1.80 bits per heavy atom. The average Bonchev–Trinajstić information content (AvgIpc) is 2.78. The van der Waals surface area contributed by atoms with Gasteiger partial charge in [0.05, 0.1) is 4.92 Å². The number of carbonyl (C=O) groups is 1. The molecule has 1 aromatic rings. The zero-order valence-corrected chi connectivity index (χ0v) is 18.5. The molecule has 2 heterocycles. The zero-order valence-electron chi connectivity index (χ0n) is 17.6. The van der Waals surface area contributed by atoms with Crippen molar-refractivity contribution in [3.05, 3.63) is 28.3 Å². The van der Waals surface area contributed by atoms with E-state index < -0.39 is 0 Å². The summed E-state index contributed by atoms with van der Waals surface area (Å²) < 4.78 is 0. The van der Waals surface area contributed by atoms with Gasteiger partial charge in [-0.2, -0.15) is 0 Å². The van der Waals surface area contributed by atoms with E-state index in [2.05, 4.69) is 22.0 Å². The normalized spacial score (nSPS) is 17.0. The Kier molecular flexibility index (Phi) is 7.84. The summed E-state index contributed by atoms with van der Waals surface area (Å²) in [7, 11) is 0. The number of piperidine rings is 1. The Hall–Kier alpha value is -2.42. The minimum absolute atomic E-state index is 0.0224. The molecule has 9 heteroatoms. The number of carbonyl (C=O) groups excluding carboxylic acids is 1. The van der Waals surface area contributed by atoms with Gasteiger partial charge >= 0.3 is 0 Å². The van der Waals surface area contributed by atoms with Crippen molar-refractivity contribution in [2.45, 2.75) is 45.4 Å². The monoisotopic (exact) mass is 433 g/mol. The highest BCUT2D eigenvalue weighted by Gasteiger charge is 2.25. The summed E-state index contributed by atoms with van der Waals surface area (Å²) in [5.74, 6) is -0.0224. The lowest BCUT2D eigenvalue weighted by molar-refractivity contribution is -0.384. The summed E-state index contributed by atoms with van der Waals surface area (Å²) in [5.41, 5.74) is 1.90. The van der Waals surface area contributed by atoms with Gasteiger partial charge in [-0.15, -0.1) is 0 Å². The number of anilines is 2. The molecule has 2 saturated heterocycles. The fraction of sp³-hybridized carbons (Fsp3) is 0.619. The largest absolute Gasteiger partial charge is 0.368 e. The molecule has 164 valence electrons. The molecule has 0 spiro atoms. The number of nitro benzene ring substituents is 1. The second-order valence-electron chi connectivity index (χ2n) is 7.91. The molecule has 1 aromatic carbocycles. The molecule has 2 aliphatic rings. The molecule has 1 amide bonds. The Morgan fingerprint density at radius 1 is 1.10 bits per heavy atom. The average molecular weight is 434 g/mol. The van der Waals surface area contributed by atoms with Gasteiger partial charge in [0.15, 0.2) is 5.11 Å². The quantitative estimate of drug-likeness (QED) is 0.419. The number of hydrogen-bond acceptors (Lipinski definition) is 6. The van der Waals surface area contributed by atoms with Gasteiger partial charge in [-0.1, -0.05) is 13.3 Å². The van der Waals surface area contributed by atoms with Crippen molar-refractivity contribution in [3.8, 4) is 0 Å². The minimum atomic E-state index is -0.286. The van der Waals surface area contributed by atoms with E-state index in [0.29, 0.717) is 24.6 Å². The fourth-order valence-electron chi connectivity index (χ4n) is 4.02. The van der Waals surface area contributed by atoms with Crippen molar-refractivity contribution in [2.24, 2.45) is 0 Å². The molecular weight excluding hydrogens is 402 g/mol. The standard InChI is InChI=1S/C21H31N5O3S/c1-2-3-7-20(27)22-21(30)25-14-12-23(13-15-25)17-8-9-18(26(28)29)19(16-17)24-10-5-4-6-11-24/h8-9,16H,2-7,10-15H2,1H3,(H,22,27,30). The number of benzene rings is 1. The summed E-state index contributed by atoms with van der Waals surface area (Å²) in [6.07, 6.45) is 5.66. The second kappa shape index (κ2) is 10.6. The van der Waals surface area contributed by atoms with Gasteiger partial charge in [-0.25, -0.2) is 0 Å². The summed E-state index contributed by atoms with van der Waals surface area (Å²) in [5, 5.41) is 14.9. The third-order valence-corrected chi connectivity index (χ3v) is 6.15. The molecule has 3 rings (SSSR count). The molecule has 2 fully saturated rings. The van der Waals surface area contributed by atoms with E-state index in [9.17, 15) is 14.9 Å². The van der Waals surface area contributed by atoms with Crippen LogP contribution in [-0.2, 0) is 4.79 Å². The maximum absolute atomic E-state index is 11.9. The molecule has 0 aliphatic carbocycles. The number of hydrogen-bond donors (Lipinski definition) is 1. The second-order valence-corrected chi connectivity index (χ2v) is 8.30. The topological polar surface area (TPSA) is 82.0 Å². The van der Waals surface area contributed by atoms with Gasteiger partial charge in [0.25, 0.3) is 5.69 Å². The van der Waals surface area contributed by atoms with Crippen molar-refractivity contribution >= 4 is 40.3 Å². The SMILES string of the molecule is CCCCC(=O)NC(=S)N1CCN(c2ccc([N+](=O)[O-])c(N3CCCCC3)c2)CC1. The third kappa shape index (κ3) is 5.59. The van der Waals surface area contributed by atoms with Gasteiger partial charge < -0.3 is 20.0 Å². The zero-order chi connectivity index (χ0) is 21.5. The lowest BCUT2D eigenvalue weighted by Gasteiger charge is -2.37. The summed E-state index contributed by atoms with van der Waals surface area (Å²) in [6, 6.07) is 5.43. The van der Waals surface area contributed by atoms with Crippen LogP contribution in [0.15, 0.2) is 18.2 Å².